The molecule has 3 rings (SSSR count). The monoisotopic (exact) mass is 314 g/mol. The molecular formula is C14H13Cl3N2. The zero-order valence-electron chi connectivity index (χ0n) is 10.3. The van der Waals surface area contributed by atoms with Crippen molar-refractivity contribution in [2.75, 3.05) is 5.73 Å². The summed E-state index contributed by atoms with van der Waals surface area (Å²) in [4.78, 5) is 4.68. The number of anilines is 1. The van der Waals surface area contributed by atoms with Crippen molar-refractivity contribution in [1.82, 2.24) is 4.98 Å². The Morgan fingerprint density at radius 2 is 1.74 bits per heavy atom. The fraction of sp³-hybridized carbons (Fsp3) is 0.357. The maximum absolute atomic E-state index is 6.31. The number of nitrogens with zero attached hydrogens (tertiary/aromatic N) is 1. The third-order valence-corrected chi connectivity index (χ3v) is 4.75. The summed E-state index contributed by atoms with van der Waals surface area (Å²) in [6.07, 6.45) is 5.38. The van der Waals surface area contributed by atoms with Crippen LogP contribution in [0.1, 0.15) is 30.5 Å². The van der Waals surface area contributed by atoms with Crippen molar-refractivity contribution in [2.45, 2.75) is 32.1 Å². The lowest BCUT2D eigenvalue weighted by molar-refractivity contribution is 0.709. The quantitative estimate of drug-likeness (QED) is 0.546. The number of pyridine rings is 1. The molecule has 1 aromatic carbocycles. The van der Waals surface area contributed by atoms with Gasteiger partial charge in [-0.25, -0.2) is 0 Å². The van der Waals surface area contributed by atoms with Gasteiger partial charge in [0.25, 0.3) is 0 Å². The van der Waals surface area contributed by atoms with Gasteiger partial charge in [0.2, 0.25) is 0 Å². The zero-order valence-corrected chi connectivity index (χ0v) is 12.5. The van der Waals surface area contributed by atoms with Gasteiger partial charge in [-0.05, 0) is 37.3 Å². The molecule has 0 atom stereocenters. The second-order valence-corrected chi connectivity index (χ2v) is 6.08. The lowest BCUT2D eigenvalue weighted by Gasteiger charge is -2.14. The van der Waals surface area contributed by atoms with Crippen LogP contribution < -0.4 is 5.73 Å². The minimum absolute atomic E-state index is 0.418. The molecule has 0 aliphatic heterocycles. The molecule has 19 heavy (non-hydrogen) atoms. The Bertz CT molecular complexity index is 668. The van der Waals surface area contributed by atoms with Crippen molar-refractivity contribution in [3.05, 3.63) is 32.4 Å². The molecule has 0 saturated heterocycles. The third-order valence-electron chi connectivity index (χ3n) is 3.68. The van der Waals surface area contributed by atoms with Crippen molar-refractivity contribution in [3.63, 3.8) is 0 Å². The minimum Gasteiger partial charge on any atom is -0.398 e. The molecule has 2 aromatic rings. The molecule has 0 amide bonds. The first kappa shape index (κ1) is 13.3. The summed E-state index contributed by atoms with van der Waals surface area (Å²) in [5.41, 5.74) is 9.83. The van der Waals surface area contributed by atoms with Gasteiger partial charge in [-0.2, -0.15) is 0 Å². The van der Waals surface area contributed by atoms with Crippen LogP contribution in [0.2, 0.25) is 15.1 Å². The Labute approximate surface area is 126 Å². The number of benzene rings is 1. The van der Waals surface area contributed by atoms with Crippen LogP contribution in [-0.4, -0.2) is 4.98 Å². The number of aryl methyl sites for hydroxylation is 1. The third kappa shape index (κ3) is 2.16. The van der Waals surface area contributed by atoms with E-state index in [0.29, 0.717) is 31.7 Å². The lowest BCUT2D eigenvalue weighted by Crippen LogP contribution is -2.03. The summed E-state index contributed by atoms with van der Waals surface area (Å²) in [6.45, 7) is 0. The van der Waals surface area contributed by atoms with Crippen molar-refractivity contribution >= 4 is 51.4 Å². The van der Waals surface area contributed by atoms with E-state index in [1.807, 2.05) is 0 Å². The predicted molar refractivity (Wildman–Crippen MR) is 82.4 cm³/mol. The molecule has 1 aromatic heterocycles. The molecule has 0 bridgehead atoms. The van der Waals surface area contributed by atoms with E-state index in [1.165, 1.54) is 6.42 Å². The van der Waals surface area contributed by atoms with E-state index in [-0.39, 0.29) is 0 Å². The lowest BCUT2D eigenvalue weighted by atomic mass is 10.0. The molecular weight excluding hydrogens is 303 g/mol. The van der Waals surface area contributed by atoms with Gasteiger partial charge in [-0.3, -0.25) is 4.98 Å². The van der Waals surface area contributed by atoms with E-state index < -0.39 is 0 Å². The first-order valence-corrected chi connectivity index (χ1v) is 7.47. The number of fused-ring (bicyclic) bond motifs is 2. The van der Waals surface area contributed by atoms with Crippen molar-refractivity contribution < 1.29 is 0 Å². The molecule has 100 valence electrons. The summed E-state index contributed by atoms with van der Waals surface area (Å²) in [5, 5.41) is 2.06. The minimum atomic E-state index is 0.418. The summed E-state index contributed by atoms with van der Waals surface area (Å²) in [7, 11) is 0. The number of hydrogen-bond donors (Lipinski definition) is 1. The first-order valence-electron chi connectivity index (χ1n) is 6.34. The number of rotatable bonds is 0. The van der Waals surface area contributed by atoms with Crippen LogP contribution in [0.15, 0.2) is 6.07 Å². The highest BCUT2D eigenvalue weighted by Crippen LogP contribution is 2.41. The highest BCUT2D eigenvalue weighted by Gasteiger charge is 2.20. The SMILES string of the molecule is Nc1c2c(nc3c(Cl)cc(Cl)c(Cl)c13)CCCCC2. The van der Waals surface area contributed by atoms with Crippen LogP contribution in [0, 0.1) is 0 Å². The molecule has 5 heteroatoms. The Balaban J connectivity index is 2.41. The van der Waals surface area contributed by atoms with E-state index in [2.05, 4.69) is 4.98 Å². The van der Waals surface area contributed by atoms with Gasteiger partial charge in [-0.1, -0.05) is 41.2 Å². The molecule has 0 fully saturated rings. The van der Waals surface area contributed by atoms with E-state index in [9.17, 15) is 0 Å². The maximum Gasteiger partial charge on any atom is 0.0928 e. The van der Waals surface area contributed by atoms with E-state index in [0.717, 1.165) is 36.9 Å². The van der Waals surface area contributed by atoms with Crippen molar-refractivity contribution in [1.29, 1.82) is 0 Å². The molecule has 0 spiro atoms. The number of nitrogens with two attached hydrogens (primary N) is 1. The number of aromatic nitrogens is 1. The van der Waals surface area contributed by atoms with E-state index in [4.69, 9.17) is 40.5 Å². The Morgan fingerprint density at radius 3 is 2.53 bits per heavy atom. The van der Waals surface area contributed by atoms with Gasteiger partial charge < -0.3 is 5.73 Å². The normalized spacial score (nSPS) is 15.3. The second-order valence-electron chi connectivity index (χ2n) is 4.89. The molecule has 0 unspecified atom stereocenters. The molecule has 2 N–H and O–H groups in total. The van der Waals surface area contributed by atoms with Crippen LogP contribution in [0.4, 0.5) is 5.69 Å². The molecule has 1 aliphatic rings. The fourth-order valence-corrected chi connectivity index (χ4v) is 3.46. The van der Waals surface area contributed by atoms with Gasteiger partial charge in [-0.15, -0.1) is 0 Å². The van der Waals surface area contributed by atoms with Gasteiger partial charge >= 0.3 is 0 Å². The predicted octanol–water partition coefficient (Wildman–Crippen LogP) is 5.05. The number of nitrogen functional groups attached to an aromatic ring is 1. The Hall–Kier alpha value is -0.700. The zero-order chi connectivity index (χ0) is 13.6. The topological polar surface area (TPSA) is 38.9 Å². The van der Waals surface area contributed by atoms with Gasteiger partial charge in [0.1, 0.15) is 0 Å². The summed E-state index contributed by atoms with van der Waals surface area (Å²) < 4.78 is 0. The van der Waals surface area contributed by atoms with E-state index >= 15 is 0 Å². The van der Waals surface area contributed by atoms with Crippen molar-refractivity contribution in [2.24, 2.45) is 0 Å². The highest BCUT2D eigenvalue weighted by molar-refractivity contribution is 6.48. The smallest absolute Gasteiger partial charge is 0.0928 e. The number of hydrogen-bond acceptors (Lipinski definition) is 2. The standard InChI is InChI=1S/C14H13Cl3N2/c15-8-6-9(16)14-11(12(8)17)13(18)7-4-2-1-3-5-10(7)19-14/h6H,1-5H2,(H2,18,19). The molecule has 1 heterocycles. The molecule has 0 saturated carbocycles. The summed E-state index contributed by atoms with van der Waals surface area (Å²) in [5.74, 6) is 0. The Kier molecular flexibility index (Phi) is 3.50. The van der Waals surface area contributed by atoms with Gasteiger partial charge in [0.15, 0.2) is 0 Å². The van der Waals surface area contributed by atoms with Crippen molar-refractivity contribution in [3.8, 4) is 0 Å². The van der Waals surface area contributed by atoms with Crippen LogP contribution in [0.3, 0.4) is 0 Å². The summed E-state index contributed by atoms with van der Waals surface area (Å²) >= 11 is 18.6. The average molecular weight is 316 g/mol. The largest absolute Gasteiger partial charge is 0.398 e. The maximum atomic E-state index is 6.31. The fourth-order valence-electron chi connectivity index (χ4n) is 2.71. The summed E-state index contributed by atoms with van der Waals surface area (Å²) in [6, 6.07) is 1.63. The van der Waals surface area contributed by atoms with Crippen LogP contribution in [0.25, 0.3) is 10.9 Å². The highest BCUT2D eigenvalue weighted by atomic mass is 35.5. The van der Waals surface area contributed by atoms with E-state index in [1.54, 1.807) is 6.07 Å². The van der Waals surface area contributed by atoms with Gasteiger partial charge in [0.05, 0.1) is 20.6 Å². The second kappa shape index (κ2) is 5.01. The molecule has 2 nitrogen and oxygen atoms in total. The van der Waals surface area contributed by atoms with Crippen LogP contribution in [0.5, 0.6) is 0 Å². The van der Waals surface area contributed by atoms with Crippen LogP contribution >= 0.6 is 34.8 Å². The van der Waals surface area contributed by atoms with Crippen LogP contribution in [-0.2, 0) is 12.8 Å². The molecule has 0 radical (unpaired) electrons. The number of halogens is 3. The Morgan fingerprint density at radius 1 is 1.00 bits per heavy atom. The average Bonchev–Trinajstić information content (AvgIpc) is 2.61. The first-order chi connectivity index (χ1) is 9.09. The van der Waals surface area contributed by atoms with Gasteiger partial charge in [0, 0.05) is 16.8 Å². The molecule has 1 aliphatic carbocycles.